The fourth-order valence-corrected chi connectivity index (χ4v) is 3.67. The van der Waals surface area contributed by atoms with Crippen molar-refractivity contribution in [2.24, 2.45) is 0 Å². The predicted octanol–water partition coefficient (Wildman–Crippen LogP) is 7.38. The van der Waals surface area contributed by atoms with E-state index in [-0.39, 0.29) is 12.4 Å². The molecule has 0 spiro atoms. The summed E-state index contributed by atoms with van der Waals surface area (Å²) >= 11 is 18.2. The van der Waals surface area contributed by atoms with Crippen molar-refractivity contribution in [1.29, 1.82) is 0 Å². The van der Waals surface area contributed by atoms with Gasteiger partial charge in [0.25, 0.3) is 0 Å². The Morgan fingerprint density at radius 2 is 1.58 bits per heavy atom. The lowest BCUT2D eigenvalue weighted by Crippen LogP contribution is -2.17. The van der Waals surface area contributed by atoms with Crippen molar-refractivity contribution in [3.05, 3.63) is 92.4 Å². The Kier molecular flexibility index (Phi) is 10.8. The van der Waals surface area contributed by atoms with E-state index in [0.717, 1.165) is 41.2 Å². The summed E-state index contributed by atoms with van der Waals surface area (Å²) in [6.45, 7) is 4.40. The fourth-order valence-electron chi connectivity index (χ4n) is 3.04. The van der Waals surface area contributed by atoms with Gasteiger partial charge in [0.2, 0.25) is 0 Å². The molecule has 0 aliphatic heterocycles. The Morgan fingerprint density at radius 1 is 0.839 bits per heavy atom. The molecule has 3 aromatic carbocycles. The number of nitrogens with one attached hydrogen (secondary N) is 1. The molecular weight excluding hydrogens is 476 g/mol. The lowest BCUT2D eigenvalue weighted by molar-refractivity contribution is 0.266. The molecule has 3 aromatic rings. The highest BCUT2D eigenvalue weighted by atomic mass is 35.5. The van der Waals surface area contributed by atoms with Gasteiger partial charge in [-0.05, 0) is 61.3 Å². The summed E-state index contributed by atoms with van der Waals surface area (Å²) in [6, 6.07) is 19.2. The van der Waals surface area contributed by atoms with Crippen LogP contribution in [0.4, 0.5) is 0 Å². The smallest absolute Gasteiger partial charge is 0.166 e. The second-order valence-corrected chi connectivity index (χ2v) is 8.04. The lowest BCUT2D eigenvalue weighted by Gasteiger charge is -2.17. The third-order valence-corrected chi connectivity index (χ3v) is 5.40. The van der Waals surface area contributed by atoms with Crippen LogP contribution in [0.5, 0.6) is 11.5 Å². The Morgan fingerprint density at radius 3 is 2.29 bits per heavy atom. The van der Waals surface area contributed by atoms with Crippen molar-refractivity contribution >= 4 is 47.2 Å². The van der Waals surface area contributed by atoms with Gasteiger partial charge >= 0.3 is 0 Å². The highest BCUT2D eigenvalue weighted by Crippen LogP contribution is 2.32. The molecule has 0 unspecified atom stereocenters. The molecule has 166 valence electrons. The molecule has 0 radical (unpaired) electrons. The third kappa shape index (κ3) is 7.78. The zero-order chi connectivity index (χ0) is 21.3. The van der Waals surface area contributed by atoms with Crippen LogP contribution in [0.2, 0.25) is 15.1 Å². The molecule has 0 amide bonds. The number of benzene rings is 3. The molecule has 3 nitrogen and oxygen atoms in total. The van der Waals surface area contributed by atoms with Gasteiger partial charge in [0.1, 0.15) is 6.61 Å². The summed E-state index contributed by atoms with van der Waals surface area (Å²) < 4.78 is 11.9. The van der Waals surface area contributed by atoms with E-state index in [1.165, 1.54) is 0 Å². The van der Waals surface area contributed by atoms with Gasteiger partial charge in [-0.1, -0.05) is 65.1 Å². The Labute approximate surface area is 205 Å². The number of hydrogen-bond acceptors (Lipinski definition) is 3. The topological polar surface area (TPSA) is 30.5 Å². The molecule has 0 fully saturated rings. The van der Waals surface area contributed by atoms with Crippen LogP contribution in [0.15, 0.2) is 60.7 Å². The van der Waals surface area contributed by atoms with Gasteiger partial charge in [-0.25, -0.2) is 0 Å². The van der Waals surface area contributed by atoms with Crippen molar-refractivity contribution in [2.45, 2.75) is 26.5 Å². The second kappa shape index (κ2) is 13.0. The lowest BCUT2D eigenvalue weighted by atomic mass is 10.1. The average Bonchev–Trinajstić information content (AvgIpc) is 2.73. The van der Waals surface area contributed by atoms with Crippen molar-refractivity contribution < 1.29 is 9.47 Å². The zero-order valence-electron chi connectivity index (χ0n) is 17.2. The summed E-state index contributed by atoms with van der Waals surface area (Å²) in [5, 5.41) is 5.51. The number of ether oxygens (including phenoxy) is 2. The van der Waals surface area contributed by atoms with Crippen LogP contribution in [0.3, 0.4) is 0 Å². The van der Waals surface area contributed by atoms with Crippen LogP contribution in [0.1, 0.15) is 23.6 Å². The summed E-state index contributed by atoms with van der Waals surface area (Å²) in [7, 11) is 0. The maximum Gasteiger partial charge on any atom is 0.166 e. The number of halogens is 4. The Bertz CT molecular complexity index is 964. The van der Waals surface area contributed by atoms with E-state index in [1.54, 1.807) is 6.07 Å². The first-order valence-corrected chi connectivity index (χ1v) is 11.0. The first-order valence-electron chi connectivity index (χ1n) is 9.83. The Balaban J connectivity index is 0.00000341. The first-order chi connectivity index (χ1) is 14.6. The van der Waals surface area contributed by atoms with E-state index in [4.69, 9.17) is 44.3 Å². The molecule has 0 aliphatic rings. The van der Waals surface area contributed by atoms with E-state index in [2.05, 4.69) is 5.32 Å². The fraction of sp³-hybridized carbons (Fsp3) is 0.250. The first kappa shape index (κ1) is 25.6. The minimum Gasteiger partial charge on any atom is -0.490 e. The average molecular weight is 501 g/mol. The van der Waals surface area contributed by atoms with Crippen LogP contribution < -0.4 is 14.8 Å². The number of hydrogen-bond donors (Lipinski definition) is 1. The van der Waals surface area contributed by atoms with E-state index < -0.39 is 0 Å². The van der Waals surface area contributed by atoms with Gasteiger partial charge in [0.15, 0.2) is 11.5 Å². The van der Waals surface area contributed by atoms with Crippen molar-refractivity contribution in [3.8, 4) is 11.5 Å². The SMILES string of the molecule is CCOc1cccc(CNCCc2ccc(Cl)cc2Cl)c1OCc1ccc(Cl)cc1.Cl. The molecule has 3 rings (SSSR count). The number of para-hydroxylation sites is 1. The summed E-state index contributed by atoms with van der Waals surface area (Å²) in [5.41, 5.74) is 3.15. The molecule has 0 aliphatic carbocycles. The van der Waals surface area contributed by atoms with E-state index in [0.29, 0.717) is 34.8 Å². The molecule has 0 bridgehead atoms. The molecule has 0 saturated heterocycles. The monoisotopic (exact) mass is 499 g/mol. The van der Waals surface area contributed by atoms with Crippen molar-refractivity contribution in [1.82, 2.24) is 5.32 Å². The van der Waals surface area contributed by atoms with Gasteiger partial charge in [0.05, 0.1) is 6.61 Å². The minimum absolute atomic E-state index is 0. The van der Waals surface area contributed by atoms with Gasteiger partial charge in [-0.3, -0.25) is 0 Å². The largest absolute Gasteiger partial charge is 0.490 e. The van der Waals surface area contributed by atoms with E-state index >= 15 is 0 Å². The maximum atomic E-state index is 6.26. The summed E-state index contributed by atoms with van der Waals surface area (Å²) in [6.07, 6.45) is 0.808. The number of rotatable bonds is 10. The molecule has 0 aromatic heterocycles. The summed E-state index contributed by atoms with van der Waals surface area (Å²) in [4.78, 5) is 0. The van der Waals surface area contributed by atoms with Gasteiger partial charge < -0.3 is 14.8 Å². The standard InChI is InChI=1S/C24H24Cl3NO2.ClH/c1-2-29-23-5-3-4-19(24(23)30-16-17-6-9-20(25)10-7-17)15-28-13-12-18-8-11-21(26)14-22(18)27;/h3-11,14,28H,2,12-13,15-16H2,1H3;1H. The highest BCUT2D eigenvalue weighted by Gasteiger charge is 2.12. The second-order valence-electron chi connectivity index (χ2n) is 6.76. The van der Waals surface area contributed by atoms with Crippen molar-refractivity contribution in [3.63, 3.8) is 0 Å². The molecule has 31 heavy (non-hydrogen) atoms. The molecule has 0 atom stereocenters. The Hall–Kier alpha value is -1.62. The summed E-state index contributed by atoms with van der Waals surface area (Å²) in [5.74, 6) is 1.50. The maximum absolute atomic E-state index is 6.26. The molecular formula is C24H25Cl4NO2. The van der Waals surface area contributed by atoms with E-state index in [9.17, 15) is 0 Å². The third-order valence-electron chi connectivity index (χ3n) is 4.56. The van der Waals surface area contributed by atoms with Crippen molar-refractivity contribution in [2.75, 3.05) is 13.2 Å². The highest BCUT2D eigenvalue weighted by molar-refractivity contribution is 6.35. The predicted molar refractivity (Wildman–Crippen MR) is 133 cm³/mol. The minimum atomic E-state index is 0. The molecule has 7 heteroatoms. The van der Waals surface area contributed by atoms with Gasteiger partial charge in [0, 0.05) is 27.2 Å². The molecule has 0 saturated carbocycles. The van der Waals surface area contributed by atoms with Gasteiger partial charge in [-0.15, -0.1) is 12.4 Å². The van der Waals surface area contributed by atoms with E-state index in [1.807, 2.05) is 61.5 Å². The van der Waals surface area contributed by atoms with Gasteiger partial charge in [-0.2, -0.15) is 0 Å². The zero-order valence-corrected chi connectivity index (χ0v) is 20.3. The van der Waals surface area contributed by atoms with Crippen LogP contribution >= 0.6 is 47.2 Å². The molecule has 0 heterocycles. The quantitative estimate of drug-likeness (QED) is 0.294. The van der Waals surface area contributed by atoms with Crippen LogP contribution in [0.25, 0.3) is 0 Å². The van der Waals surface area contributed by atoms with Crippen LogP contribution in [-0.4, -0.2) is 13.2 Å². The molecule has 1 N–H and O–H groups in total. The van der Waals surface area contributed by atoms with Crippen LogP contribution in [-0.2, 0) is 19.6 Å². The normalized spacial score (nSPS) is 10.5. The van der Waals surface area contributed by atoms with Crippen LogP contribution in [0, 0.1) is 0 Å².